The first-order valence-corrected chi connectivity index (χ1v) is 8.31. The molecule has 0 aliphatic heterocycles. The van der Waals surface area contributed by atoms with E-state index in [1.807, 2.05) is 6.92 Å². The largest absolute Gasteiger partial charge is 0.416 e. The first-order chi connectivity index (χ1) is 10.9. The number of rotatable bonds is 5. The number of thioether (sulfide) groups is 1. The molecule has 1 aromatic carbocycles. The third-order valence-corrected chi connectivity index (χ3v) is 4.40. The number of nitrogens with zero attached hydrogens (tertiary/aromatic N) is 2. The van der Waals surface area contributed by atoms with Gasteiger partial charge in [0.05, 0.1) is 5.56 Å². The van der Waals surface area contributed by atoms with Gasteiger partial charge in [0.1, 0.15) is 0 Å². The van der Waals surface area contributed by atoms with Crippen LogP contribution in [0.3, 0.4) is 0 Å². The Morgan fingerprint density at radius 3 is 2.87 bits per heavy atom. The molecule has 1 heterocycles. The minimum absolute atomic E-state index is 0.287. The zero-order valence-electron chi connectivity index (χ0n) is 11.9. The predicted octanol–water partition coefficient (Wildman–Crippen LogP) is 4.32. The van der Waals surface area contributed by atoms with Crippen molar-refractivity contribution in [3.8, 4) is 0 Å². The zero-order valence-corrected chi connectivity index (χ0v) is 13.6. The third kappa shape index (κ3) is 5.36. The van der Waals surface area contributed by atoms with Crippen molar-refractivity contribution in [1.82, 2.24) is 10.2 Å². The molecule has 0 aliphatic rings. The maximum atomic E-state index is 12.6. The number of alkyl halides is 3. The van der Waals surface area contributed by atoms with Gasteiger partial charge in [-0.1, -0.05) is 42.2 Å². The number of amides is 1. The van der Waals surface area contributed by atoms with Crippen molar-refractivity contribution in [3.63, 3.8) is 0 Å². The number of carbonyl (C=O) groups excluding carboxylic acids is 1. The molecular formula is C14H12F3N3OS2. The third-order valence-electron chi connectivity index (χ3n) is 2.55. The summed E-state index contributed by atoms with van der Waals surface area (Å²) in [5.41, 5.74) is -0.472. The van der Waals surface area contributed by atoms with Crippen molar-refractivity contribution in [2.24, 2.45) is 0 Å². The maximum Gasteiger partial charge on any atom is 0.416 e. The Hall–Kier alpha value is -1.87. The molecule has 0 aliphatic carbocycles. The Balaban J connectivity index is 2.00. The predicted molar refractivity (Wildman–Crippen MR) is 85.4 cm³/mol. The minimum Gasteiger partial charge on any atom is -0.297 e. The van der Waals surface area contributed by atoms with Crippen LogP contribution in [0.1, 0.15) is 18.1 Å². The molecule has 2 rings (SSSR count). The van der Waals surface area contributed by atoms with Crippen molar-refractivity contribution in [2.75, 3.05) is 11.1 Å². The van der Waals surface area contributed by atoms with Gasteiger partial charge >= 0.3 is 6.18 Å². The van der Waals surface area contributed by atoms with Gasteiger partial charge in [0, 0.05) is 6.08 Å². The summed E-state index contributed by atoms with van der Waals surface area (Å²) in [4.78, 5) is 11.7. The number of carbonyl (C=O) groups is 1. The number of hydrogen-bond donors (Lipinski definition) is 1. The van der Waals surface area contributed by atoms with E-state index in [9.17, 15) is 18.0 Å². The van der Waals surface area contributed by atoms with E-state index in [4.69, 9.17) is 0 Å². The van der Waals surface area contributed by atoms with Crippen molar-refractivity contribution >= 4 is 40.2 Å². The number of halogens is 3. The number of hydrogen-bond acceptors (Lipinski definition) is 5. The molecule has 4 nitrogen and oxygen atoms in total. The van der Waals surface area contributed by atoms with E-state index in [1.54, 1.807) is 0 Å². The van der Waals surface area contributed by atoms with Gasteiger partial charge in [-0.3, -0.25) is 10.1 Å². The number of benzene rings is 1. The summed E-state index contributed by atoms with van der Waals surface area (Å²) in [5.74, 6) is 0.365. The maximum absolute atomic E-state index is 12.6. The number of aromatic nitrogens is 2. The highest BCUT2D eigenvalue weighted by molar-refractivity contribution is 8.01. The van der Waals surface area contributed by atoms with Gasteiger partial charge < -0.3 is 0 Å². The fraction of sp³-hybridized carbons (Fsp3) is 0.214. The molecule has 0 spiro atoms. The molecule has 0 radical (unpaired) electrons. The van der Waals surface area contributed by atoms with E-state index in [0.29, 0.717) is 5.13 Å². The number of nitrogens with one attached hydrogen (secondary N) is 1. The average molecular weight is 359 g/mol. The fourth-order valence-electron chi connectivity index (χ4n) is 1.58. The van der Waals surface area contributed by atoms with E-state index >= 15 is 0 Å². The molecule has 122 valence electrons. The molecule has 0 fully saturated rings. The van der Waals surface area contributed by atoms with Crippen molar-refractivity contribution in [3.05, 3.63) is 41.5 Å². The van der Waals surface area contributed by atoms with Gasteiger partial charge in [-0.05, 0) is 29.5 Å². The summed E-state index contributed by atoms with van der Waals surface area (Å²) < 4.78 is 38.5. The molecule has 23 heavy (non-hydrogen) atoms. The van der Waals surface area contributed by atoms with Crippen LogP contribution in [0.25, 0.3) is 6.08 Å². The highest BCUT2D eigenvalue weighted by atomic mass is 32.2. The standard InChI is InChI=1S/C14H12F3N3OS2/c1-2-22-13-20-19-12(23-13)18-11(21)7-6-9-4-3-5-10(8-9)14(15,16)17/h3-8H,2H2,1H3,(H,18,19,21)/b7-6+. The van der Waals surface area contributed by atoms with E-state index < -0.39 is 17.6 Å². The summed E-state index contributed by atoms with van der Waals surface area (Å²) in [7, 11) is 0. The summed E-state index contributed by atoms with van der Waals surface area (Å²) in [5, 5.41) is 10.6. The lowest BCUT2D eigenvalue weighted by molar-refractivity contribution is -0.137. The monoisotopic (exact) mass is 359 g/mol. The fourth-order valence-corrected chi connectivity index (χ4v) is 3.23. The molecule has 0 saturated carbocycles. The van der Waals surface area contributed by atoms with Gasteiger partial charge in [0.15, 0.2) is 4.34 Å². The summed E-state index contributed by atoms with van der Waals surface area (Å²) in [6.45, 7) is 1.97. The van der Waals surface area contributed by atoms with Crippen LogP contribution in [-0.4, -0.2) is 21.9 Å². The molecular weight excluding hydrogens is 347 g/mol. The van der Waals surface area contributed by atoms with Crippen LogP contribution in [0.15, 0.2) is 34.7 Å². The second kappa shape index (κ2) is 7.60. The Labute approximate surface area is 138 Å². The summed E-state index contributed by atoms with van der Waals surface area (Å²) in [6, 6.07) is 4.73. The Morgan fingerprint density at radius 1 is 1.39 bits per heavy atom. The summed E-state index contributed by atoms with van der Waals surface area (Å²) in [6.07, 6.45) is -1.94. The first kappa shape index (κ1) is 17.5. The normalized spacial score (nSPS) is 11.8. The average Bonchev–Trinajstić information content (AvgIpc) is 2.92. The quantitative estimate of drug-likeness (QED) is 0.491. The van der Waals surface area contributed by atoms with E-state index in [1.165, 1.54) is 41.3 Å². The van der Waals surface area contributed by atoms with Gasteiger partial charge in [0.25, 0.3) is 0 Å². The molecule has 9 heteroatoms. The van der Waals surface area contributed by atoms with E-state index in [-0.39, 0.29) is 5.56 Å². The van der Waals surface area contributed by atoms with Gasteiger partial charge in [-0.2, -0.15) is 13.2 Å². The van der Waals surface area contributed by atoms with Gasteiger partial charge in [-0.15, -0.1) is 10.2 Å². The zero-order chi connectivity index (χ0) is 16.9. The Morgan fingerprint density at radius 2 is 2.17 bits per heavy atom. The lowest BCUT2D eigenvalue weighted by Gasteiger charge is -2.06. The van der Waals surface area contributed by atoms with Gasteiger partial charge in [0.2, 0.25) is 11.0 Å². The van der Waals surface area contributed by atoms with Crippen LogP contribution in [-0.2, 0) is 11.0 Å². The molecule has 1 N–H and O–H groups in total. The van der Waals surface area contributed by atoms with E-state index in [0.717, 1.165) is 28.3 Å². The highest BCUT2D eigenvalue weighted by Gasteiger charge is 2.30. The van der Waals surface area contributed by atoms with Crippen LogP contribution in [0.5, 0.6) is 0 Å². The Kier molecular flexibility index (Phi) is 5.78. The van der Waals surface area contributed by atoms with Crippen molar-refractivity contribution in [1.29, 1.82) is 0 Å². The van der Waals surface area contributed by atoms with Crippen LogP contribution in [0.4, 0.5) is 18.3 Å². The van der Waals surface area contributed by atoms with Crippen LogP contribution in [0.2, 0.25) is 0 Å². The lowest BCUT2D eigenvalue weighted by atomic mass is 10.1. The first-order valence-electron chi connectivity index (χ1n) is 6.51. The second-order valence-corrected chi connectivity index (χ2v) is 6.74. The molecule has 1 amide bonds. The van der Waals surface area contributed by atoms with Gasteiger partial charge in [-0.25, -0.2) is 0 Å². The lowest BCUT2D eigenvalue weighted by Crippen LogP contribution is -2.07. The molecule has 2 aromatic rings. The van der Waals surface area contributed by atoms with Crippen molar-refractivity contribution in [2.45, 2.75) is 17.4 Å². The van der Waals surface area contributed by atoms with Crippen LogP contribution >= 0.6 is 23.1 Å². The molecule has 0 unspecified atom stereocenters. The molecule has 0 bridgehead atoms. The molecule has 0 atom stereocenters. The summed E-state index contributed by atoms with van der Waals surface area (Å²) >= 11 is 2.75. The molecule has 0 saturated heterocycles. The minimum atomic E-state index is -4.41. The highest BCUT2D eigenvalue weighted by Crippen LogP contribution is 2.29. The van der Waals surface area contributed by atoms with E-state index in [2.05, 4.69) is 15.5 Å². The smallest absolute Gasteiger partial charge is 0.297 e. The Bertz CT molecular complexity index is 713. The van der Waals surface area contributed by atoms with Crippen LogP contribution in [0, 0.1) is 0 Å². The second-order valence-electron chi connectivity index (χ2n) is 4.25. The van der Waals surface area contributed by atoms with Crippen molar-refractivity contribution < 1.29 is 18.0 Å². The topological polar surface area (TPSA) is 54.9 Å². The number of anilines is 1. The SMILES string of the molecule is CCSc1nnc(NC(=O)/C=C/c2cccc(C(F)(F)F)c2)s1. The van der Waals surface area contributed by atoms with Crippen LogP contribution < -0.4 is 5.32 Å². The molecule has 1 aromatic heterocycles.